The van der Waals surface area contributed by atoms with E-state index >= 15 is 0 Å². The molecule has 0 saturated heterocycles. The third-order valence-corrected chi connectivity index (χ3v) is 5.91. The molecule has 1 saturated carbocycles. The summed E-state index contributed by atoms with van der Waals surface area (Å²) in [5, 5.41) is 11.4. The second-order valence-corrected chi connectivity index (χ2v) is 9.40. The lowest BCUT2D eigenvalue weighted by molar-refractivity contribution is -0.211. The fourth-order valence-corrected chi connectivity index (χ4v) is 4.46. The lowest BCUT2D eigenvalue weighted by Gasteiger charge is -2.40. The molecule has 176 valence electrons. The summed E-state index contributed by atoms with van der Waals surface area (Å²) in [6, 6.07) is 0. The van der Waals surface area contributed by atoms with Crippen molar-refractivity contribution in [3.63, 3.8) is 0 Å². The van der Waals surface area contributed by atoms with Crippen LogP contribution < -0.4 is 0 Å². The Morgan fingerprint density at radius 1 is 1.16 bits per heavy atom. The quantitative estimate of drug-likeness (QED) is 0.318. The third-order valence-electron chi connectivity index (χ3n) is 5.48. The van der Waals surface area contributed by atoms with Crippen molar-refractivity contribution < 1.29 is 38.4 Å². The van der Waals surface area contributed by atoms with Crippen LogP contribution in [-0.4, -0.2) is 53.5 Å². The van der Waals surface area contributed by atoms with Gasteiger partial charge in [-0.05, 0) is 18.3 Å². The maximum absolute atomic E-state index is 12.3. The van der Waals surface area contributed by atoms with Crippen molar-refractivity contribution in [2.75, 3.05) is 12.5 Å². The summed E-state index contributed by atoms with van der Waals surface area (Å²) >= 11 is 6.12. The maximum Gasteiger partial charge on any atom is 0.309 e. The monoisotopic (exact) mass is 460 g/mol. The van der Waals surface area contributed by atoms with E-state index in [9.17, 15) is 19.5 Å². The Morgan fingerprint density at radius 3 is 2.32 bits per heavy atom. The second kappa shape index (κ2) is 10.7. The molecule has 8 nitrogen and oxygen atoms in total. The smallest absolute Gasteiger partial charge is 0.309 e. The van der Waals surface area contributed by atoms with E-state index in [1.807, 2.05) is 27.7 Å². The average Bonchev–Trinajstić information content (AvgIpc) is 2.93. The van der Waals surface area contributed by atoms with Crippen LogP contribution >= 0.6 is 11.6 Å². The number of rotatable bonds is 9. The van der Waals surface area contributed by atoms with Crippen LogP contribution in [0.3, 0.4) is 0 Å². The Hall–Kier alpha value is -1.80. The molecule has 9 heteroatoms. The molecule has 1 N–H and O–H groups in total. The number of alkyl halides is 1. The minimum Gasteiger partial charge on any atom is -0.462 e. The van der Waals surface area contributed by atoms with Gasteiger partial charge >= 0.3 is 17.9 Å². The van der Waals surface area contributed by atoms with Gasteiger partial charge in [-0.3, -0.25) is 14.4 Å². The Morgan fingerprint density at radius 2 is 1.77 bits per heavy atom. The molecule has 2 rings (SSSR count). The van der Waals surface area contributed by atoms with Crippen molar-refractivity contribution >= 4 is 29.5 Å². The molecule has 0 radical (unpaired) electrons. The summed E-state index contributed by atoms with van der Waals surface area (Å²) in [4.78, 5) is 35.9. The van der Waals surface area contributed by atoms with E-state index in [1.165, 1.54) is 13.2 Å². The van der Waals surface area contributed by atoms with Gasteiger partial charge in [0.15, 0.2) is 0 Å². The fourth-order valence-electron chi connectivity index (χ4n) is 4.11. The van der Waals surface area contributed by atoms with Crippen LogP contribution in [-0.2, 0) is 33.3 Å². The fraction of sp³-hybridized carbons (Fsp3) is 0.773. The van der Waals surface area contributed by atoms with E-state index < -0.39 is 41.8 Å². The first-order valence-electron chi connectivity index (χ1n) is 10.6. The minimum atomic E-state index is -1.68. The van der Waals surface area contributed by atoms with Gasteiger partial charge in [-0.25, -0.2) is 0 Å². The normalized spacial score (nSPS) is 29.8. The minimum absolute atomic E-state index is 0.0372. The highest BCUT2D eigenvalue weighted by molar-refractivity contribution is 6.18. The van der Waals surface area contributed by atoms with Crippen LogP contribution in [0.4, 0.5) is 0 Å². The number of carbonyl (C=O) groups excluding carboxylic acids is 3. The third kappa shape index (κ3) is 6.35. The van der Waals surface area contributed by atoms with E-state index in [1.54, 1.807) is 0 Å². The van der Waals surface area contributed by atoms with Crippen LogP contribution in [0.5, 0.6) is 0 Å². The molecule has 0 amide bonds. The first-order valence-corrected chi connectivity index (χ1v) is 11.2. The first-order chi connectivity index (χ1) is 14.5. The maximum atomic E-state index is 12.3. The predicted molar refractivity (Wildman–Crippen MR) is 112 cm³/mol. The van der Waals surface area contributed by atoms with Gasteiger partial charge in [0.25, 0.3) is 0 Å². The van der Waals surface area contributed by atoms with Gasteiger partial charge in [0, 0.05) is 31.3 Å². The molecule has 1 fully saturated rings. The molecule has 5 atom stereocenters. The van der Waals surface area contributed by atoms with Gasteiger partial charge in [-0.2, -0.15) is 0 Å². The highest BCUT2D eigenvalue weighted by Gasteiger charge is 2.62. The zero-order chi connectivity index (χ0) is 23.3. The zero-order valence-electron chi connectivity index (χ0n) is 18.8. The summed E-state index contributed by atoms with van der Waals surface area (Å²) in [5.74, 6) is -2.58. The molecular formula is C22H33ClO8. The Kier molecular flexibility index (Phi) is 8.77. The summed E-state index contributed by atoms with van der Waals surface area (Å²) < 4.78 is 21.9. The van der Waals surface area contributed by atoms with Crippen molar-refractivity contribution in [2.24, 2.45) is 23.7 Å². The Balaban J connectivity index is 2.27. The first kappa shape index (κ1) is 25.5. The largest absolute Gasteiger partial charge is 0.462 e. The van der Waals surface area contributed by atoms with Crippen molar-refractivity contribution in [1.29, 1.82) is 0 Å². The lowest BCUT2D eigenvalue weighted by atomic mass is 9.81. The molecule has 31 heavy (non-hydrogen) atoms. The molecule has 0 aromatic heterocycles. The average molecular weight is 461 g/mol. The summed E-state index contributed by atoms with van der Waals surface area (Å²) in [6.07, 6.45) is 0.0907. The number of aliphatic hydroxyl groups is 1. The van der Waals surface area contributed by atoms with Gasteiger partial charge in [0.05, 0.1) is 18.1 Å². The van der Waals surface area contributed by atoms with Crippen LogP contribution in [0.1, 0.15) is 53.9 Å². The van der Waals surface area contributed by atoms with Gasteiger partial charge in [-0.15, -0.1) is 11.6 Å². The van der Waals surface area contributed by atoms with Crippen LogP contribution in [0.2, 0.25) is 0 Å². The number of halogens is 1. The lowest BCUT2D eigenvalue weighted by Crippen LogP contribution is -2.53. The number of esters is 3. The number of fused-ring (bicyclic) bond motifs is 1. The molecule has 0 aromatic carbocycles. The molecule has 0 unspecified atom stereocenters. The molecule has 1 aliphatic carbocycles. The highest BCUT2D eigenvalue weighted by atomic mass is 35.5. The van der Waals surface area contributed by atoms with Gasteiger partial charge in [0.1, 0.15) is 18.3 Å². The topological polar surface area (TPSA) is 108 Å². The number of hydrogen-bond donors (Lipinski definition) is 1. The van der Waals surface area contributed by atoms with Gasteiger partial charge in [-0.1, -0.05) is 27.7 Å². The number of ether oxygens (including phenoxy) is 4. The molecule has 1 aliphatic heterocycles. The SMILES string of the molecule is CC(=O)O[C@@H]1C[C@@H]2C(COC(=O)CC(C)C)=CO[C@H](OC(=O)CC(C)C)[C@H]2[C@@]1(O)CCl. The zero-order valence-corrected chi connectivity index (χ0v) is 19.5. The van der Waals surface area contributed by atoms with Crippen molar-refractivity contribution in [2.45, 2.75) is 71.9 Å². The van der Waals surface area contributed by atoms with Crippen LogP contribution in [0, 0.1) is 23.7 Å². The number of hydrogen-bond acceptors (Lipinski definition) is 8. The highest BCUT2D eigenvalue weighted by Crippen LogP contribution is 2.51. The van der Waals surface area contributed by atoms with Crippen molar-refractivity contribution in [1.82, 2.24) is 0 Å². The molecule has 2 aliphatic rings. The second-order valence-electron chi connectivity index (χ2n) is 9.13. The van der Waals surface area contributed by atoms with Crippen LogP contribution in [0.25, 0.3) is 0 Å². The van der Waals surface area contributed by atoms with Crippen molar-refractivity contribution in [3.8, 4) is 0 Å². The van der Waals surface area contributed by atoms with Gasteiger partial charge in [0.2, 0.25) is 6.29 Å². The predicted octanol–water partition coefficient (Wildman–Crippen LogP) is 2.94. The van der Waals surface area contributed by atoms with E-state index in [4.69, 9.17) is 30.5 Å². The van der Waals surface area contributed by atoms with Gasteiger partial charge < -0.3 is 24.1 Å². The Bertz CT molecular complexity index is 704. The molecular weight excluding hydrogens is 428 g/mol. The summed E-state index contributed by atoms with van der Waals surface area (Å²) in [6.45, 7) is 8.81. The molecule has 0 bridgehead atoms. The summed E-state index contributed by atoms with van der Waals surface area (Å²) in [5.41, 5.74) is -1.07. The van der Waals surface area contributed by atoms with E-state index in [0.29, 0.717) is 5.57 Å². The number of carbonyl (C=O) groups is 3. The van der Waals surface area contributed by atoms with Crippen molar-refractivity contribution in [3.05, 3.63) is 11.8 Å². The Labute approximate surface area is 188 Å². The van der Waals surface area contributed by atoms with E-state index in [-0.39, 0.29) is 49.6 Å². The summed E-state index contributed by atoms with van der Waals surface area (Å²) in [7, 11) is 0. The van der Waals surface area contributed by atoms with Crippen LogP contribution in [0.15, 0.2) is 11.8 Å². The molecule has 0 spiro atoms. The standard InChI is InChI=1S/C22H33ClO8/c1-12(2)6-18(25)28-9-15-10-29-21(31-19(26)7-13(3)4)20-16(15)8-17(30-14(5)24)22(20,27)11-23/h10,12-13,16-17,20-21,27H,6-9,11H2,1-5H3/t16-,17-,20+,21-,22-/m1/s1. The van der Waals surface area contributed by atoms with E-state index in [0.717, 1.165) is 0 Å². The molecule has 1 heterocycles. The molecule has 0 aromatic rings. The van der Waals surface area contributed by atoms with E-state index in [2.05, 4.69) is 0 Å².